The second-order valence-electron chi connectivity index (χ2n) is 12.1. The summed E-state index contributed by atoms with van der Waals surface area (Å²) in [6.45, 7) is 1.83. The molecule has 0 aliphatic carbocycles. The fourth-order valence-electron chi connectivity index (χ4n) is 7.66. The minimum atomic E-state index is -0.799. The average Bonchev–Trinajstić information content (AvgIpc) is 3.60. The summed E-state index contributed by atoms with van der Waals surface area (Å²) in [5, 5.41) is 17.2. The summed E-state index contributed by atoms with van der Waals surface area (Å²) >= 11 is 0. The van der Waals surface area contributed by atoms with Gasteiger partial charge in [-0.2, -0.15) is 9.97 Å². The van der Waals surface area contributed by atoms with E-state index >= 15 is 0 Å². The van der Waals surface area contributed by atoms with Crippen LogP contribution in [0, 0.1) is 0 Å². The molecule has 4 aliphatic rings. The van der Waals surface area contributed by atoms with Gasteiger partial charge in [0, 0.05) is 30.4 Å². The van der Waals surface area contributed by atoms with Gasteiger partial charge >= 0.3 is 6.01 Å². The van der Waals surface area contributed by atoms with Crippen molar-refractivity contribution >= 4 is 27.2 Å². The van der Waals surface area contributed by atoms with Crippen LogP contribution in [0.25, 0.3) is 38.4 Å². The zero-order chi connectivity index (χ0) is 26.8. The summed E-state index contributed by atoms with van der Waals surface area (Å²) in [6, 6.07) is 19.2. The number of alkyl halides is 1. The van der Waals surface area contributed by atoms with Crippen LogP contribution >= 0.6 is 0 Å². The first-order chi connectivity index (χ1) is 19.5. The van der Waals surface area contributed by atoms with E-state index in [1.807, 2.05) is 24.3 Å². The number of aromatic hydroxyl groups is 1. The number of aromatic nitrogens is 2. The lowest BCUT2D eigenvalue weighted by Gasteiger charge is -2.31. The van der Waals surface area contributed by atoms with Crippen LogP contribution in [0.1, 0.15) is 44.2 Å². The number of hydrogen-bond donors (Lipinski definition) is 2. The van der Waals surface area contributed by atoms with Gasteiger partial charge in [0.05, 0.1) is 16.7 Å². The van der Waals surface area contributed by atoms with Gasteiger partial charge in [-0.15, -0.1) is 0 Å². The molecule has 2 bridgehead atoms. The number of benzene rings is 3. The van der Waals surface area contributed by atoms with Crippen molar-refractivity contribution in [2.24, 2.45) is 0 Å². The lowest BCUT2D eigenvalue weighted by atomic mass is 9.94. The van der Waals surface area contributed by atoms with E-state index in [4.69, 9.17) is 14.7 Å². The quantitative estimate of drug-likeness (QED) is 0.325. The fraction of sp³-hybridized carbons (Fsp3) is 0.394. The molecule has 0 saturated carbocycles. The Bertz CT molecular complexity index is 1670. The number of rotatable bonds is 5. The number of hydrogen-bond acceptors (Lipinski definition) is 6. The maximum Gasteiger partial charge on any atom is 0.317 e. The zero-order valence-electron chi connectivity index (χ0n) is 22.4. The minimum absolute atomic E-state index is 0.236. The van der Waals surface area contributed by atoms with Gasteiger partial charge in [-0.25, -0.2) is 4.39 Å². The van der Waals surface area contributed by atoms with Gasteiger partial charge in [-0.05, 0) is 90.4 Å². The highest BCUT2D eigenvalue weighted by Crippen LogP contribution is 2.41. The zero-order valence-corrected chi connectivity index (χ0v) is 22.4. The topological polar surface area (TPSA) is 70.5 Å². The molecule has 0 amide bonds. The van der Waals surface area contributed by atoms with E-state index in [1.165, 1.54) is 12.0 Å². The van der Waals surface area contributed by atoms with Crippen molar-refractivity contribution in [1.29, 1.82) is 0 Å². The van der Waals surface area contributed by atoms with Crippen molar-refractivity contribution < 1.29 is 14.2 Å². The Morgan fingerprint density at radius 3 is 2.92 bits per heavy atom. The first-order valence-corrected chi connectivity index (χ1v) is 14.6. The lowest BCUT2D eigenvalue weighted by molar-refractivity contribution is 0.107. The van der Waals surface area contributed by atoms with E-state index in [0.717, 1.165) is 70.7 Å². The van der Waals surface area contributed by atoms with Crippen molar-refractivity contribution in [2.45, 2.75) is 62.3 Å². The molecule has 3 aromatic carbocycles. The number of ether oxygens (including phenoxy) is 1. The summed E-state index contributed by atoms with van der Waals surface area (Å²) < 4.78 is 20.8. The predicted octanol–water partition coefficient (Wildman–Crippen LogP) is 6.02. The molecule has 4 aromatic rings. The lowest BCUT2D eigenvalue weighted by Crippen LogP contribution is -2.43. The van der Waals surface area contributed by atoms with Crippen LogP contribution in [0.2, 0.25) is 0 Å². The number of nitrogens with one attached hydrogen (secondary N) is 1. The van der Waals surface area contributed by atoms with Crippen LogP contribution in [0.3, 0.4) is 0 Å². The minimum Gasteiger partial charge on any atom is -0.508 e. The molecule has 40 heavy (non-hydrogen) atoms. The summed E-state index contributed by atoms with van der Waals surface area (Å²) in [4.78, 5) is 12.2. The SMILES string of the molecule is Oc1cc(-c2ccc3c(C4=CC5CCC(C4)N5)nc(OC[C@@]45CCCN4C[C@H](F)C5)nc3c2)c2ccccc2c1. The Balaban J connectivity index is 1.23. The van der Waals surface area contributed by atoms with Gasteiger partial charge in [-0.1, -0.05) is 36.4 Å². The number of phenolic OH excluding ortho intramolecular Hbond substituents is 1. The summed E-state index contributed by atoms with van der Waals surface area (Å²) in [6.07, 6.45) is 7.32. The molecule has 4 atom stereocenters. The molecule has 1 aromatic heterocycles. The van der Waals surface area contributed by atoms with Crippen LogP contribution in [-0.4, -0.2) is 63.5 Å². The van der Waals surface area contributed by atoms with Crippen LogP contribution in [0.15, 0.2) is 60.7 Å². The molecule has 2 unspecified atom stereocenters. The Labute approximate surface area is 232 Å². The normalized spacial score (nSPS) is 27.8. The van der Waals surface area contributed by atoms with Crippen LogP contribution in [0.5, 0.6) is 11.8 Å². The Morgan fingerprint density at radius 1 is 1.07 bits per heavy atom. The molecule has 204 valence electrons. The van der Waals surface area contributed by atoms with Crippen LogP contribution in [-0.2, 0) is 0 Å². The van der Waals surface area contributed by atoms with Gasteiger partial charge < -0.3 is 15.2 Å². The second kappa shape index (κ2) is 9.25. The highest BCUT2D eigenvalue weighted by atomic mass is 19.1. The summed E-state index contributed by atoms with van der Waals surface area (Å²) in [7, 11) is 0. The summed E-state index contributed by atoms with van der Waals surface area (Å²) in [5.74, 6) is 0.236. The van der Waals surface area contributed by atoms with E-state index in [-0.39, 0.29) is 11.3 Å². The molecule has 7 heteroatoms. The van der Waals surface area contributed by atoms with Crippen LogP contribution in [0.4, 0.5) is 4.39 Å². The van der Waals surface area contributed by atoms with E-state index < -0.39 is 6.17 Å². The number of nitrogens with zero attached hydrogens (tertiary/aromatic N) is 3. The maximum atomic E-state index is 14.4. The van der Waals surface area contributed by atoms with Gasteiger partial charge in [-0.3, -0.25) is 4.90 Å². The fourth-order valence-corrected chi connectivity index (χ4v) is 7.66. The molecule has 0 radical (unpaired) electrons. The Kier molecular flexibility index (Phi) is 5.61. The van der Waals surface area contributed by atoms with Crippen molar-refractivity contribution in [2.75, 3.05) is 19.7 Å². The molecule has 6 nitrogen and oxygen atoms in total. The third-order valence-corrected chi connectivity index (χ3v) is 9.51. The van der Waals surface area contributed by atoms with E-state index in [1.54, 1.807) is 6.07 Å². The average molecular weight is 537 g/mol. The predicted molar refractivity (Wildman–Crippen MR) is 155 cm³/mol. The van der Waals surface area contributed by atoms with Crippen molar-refractivity contribution in [1.82, 2.24) is 20.2 Å². The van der Waals surface area contributed by atoms with Crippen molar-refractivity contribution in [3.8, 4) is 22.9 Å². The van der Waals surface area contributed by atoms with E-state index in [9.17, 15) is 9.50 Å². The largest absolute Gasteiger partial charge is 0.508 e. The molecular formula is C33H33FN4O2. The second-order valence-corrected chi connectivity index (χ2v) is 12.1. The molecule has 2 N–H and O–H groups in total. The first-order valence-electron chi connectivity index (χ1n) is 14.6. The molecule has 3 fully saturated rings. The molecule has 3 saturated heterocycles. The first kappa shape index (κ1) is 24.3. The summed E-state index contributed by atoms with van der Waals surface area (Å²) in [5.41, 5.74) is 4.66. The van der Waals surface area contributed by atoms with Gasteiger partial charge in [0.25, 0.3) is 0 Å². The highest BCUT2D eigenvalue weighted by Gasteiger charge is 2.49. The standard InChI is InChI=1S/C33H33FN4O2/c34-23-17-33(10-3-11-38(33)18-23)19-40-32-36-30-15-21(29-16-26(39)14-20-4-1-2-5-27(20)29)6-9-28(30)31(37-32)22-12-24-7-8-25(13-22)35-24/h1-2,4-6,9,12,14-16,23-25,35,39H,3,7-8,10-11,13,17-19H2/t23-,24?,25?,33+/m1/s1. The smallest absolute Gasteiger partial charge is 0.317 e. The molecule has 8 rings (SSSR count). The third kappa shape index (κ3) is 4.06. The van der Waals surface area contributed by atoms with E-state index in [0.29, 0.717) is 37.7 Å². The molecule has 4 aliphatic heterocycles. The van der Waals surface area contributed by atoms with Gasteiger partial charge in [0.1, 0.15) is 18.5 Å². The van der Waals surface area contributed by atoms with Crippen molar-refractivity contribution in [3.63, 3.8) is 0 Å². The number of halogens is 1. The monoisotopic (exact) mass is 536 g/mol. The van der Waals surface area contributed by atoms with E-state index in [2.05, 4.69) is 40.6 Å². The number of fused-ring (bicyclic) bond motifs is 5. The highest BCUT2D eigenvalue weighted by molar-refractivity contribution is 6.00. The van der Waals surface area contributed by atoms with Crippen LogP contribution < -0.4 is 10.1 Å². The maximum absolute atomic E-state index is 14.4. The Hall–Kier alpha value is -3.55. The molecular weight excluding hydrogens is 503 g/mol. The van der Waals surface area contributed by atoms with Gasteiger partial charge in [0.15, 0.2) is 0 Å². The molecule has 0 spiro atoms. The van der Waals surface area contributed by atoms with Gasteiger partial charge in [0.2, 0.25) is 0 Å². The Morgan fingerprint density at radius 2 is 2.00 bits per heavy atom. The number of phenols is 1. The van der Waals surface area contributed by atoms with Crippen molar-refractivity contribution in [3.05, 3.63) is 66.4 Å². The third-order valence-electron chi connectivity index (χ3n) is 9.51. The molecule has 5 heterocycles.